The molecule has 0 unspecified atom stereocenters. The minimum atomic E-state index is -0.476. The molecular weight excluding hydrogens is 334 g/mol. The van der Waals surface area contributed by atoms with Crippen molar-refractivity contribution in [2.75, 3.05) is 33.3 Å². The lowest BCUT2D eigenvalue weighted by Gasteiger charge is -2.41. The van der Waals surface area contributed by atoms with Gasteiger partial charge in [-0.2, -0.15) is 0 Å². The van der Waals surface area contributed by atoms with Crippen LogP contribution >= 0.6 is 12.4 Å². The Labute approximate surface area is 149 Å². The third kappa shape index (κ3) is 4.19. The first-order chi connectivity index (χ1) is 11.2. The van der Waals surface area contributed by atoms with Gasteiger partial charge < -0.3 is 10.1 Å². The molecule has 3 nitrogen and oxygen atoms in total. The van der Waals surface area contributed by atoms with Gasteiger partial charge in [-0.3, -0.25) is 4.90 Å². The zero-order valence-electron chi connectivity index (χ0n) is 14.2. The predicted molar refractivity (Wildman–Crippen MR) is 93.9 cm³/mol. The molecule has 1 aromatic carbocycles. The van der Waals surface area contributed by atoms with E-state index in [0.29, 0.717) is 5.92 Å². The summed E-state index contributed by atoms with van der Waals surface area (Å²) in [7, 11) is 1.43. The summed E-state index contributed by atoms with van der Waals surface area (Å²) in [6.45, 7) is 3.43. The van der Waals surface area contributed by atoms with E-state index in [-0.39, 0.29) is 29.8 Å². The van der Waals surface area contributed by atoms with E-state index in [1.165, 1.54) is 25.7 Å². The molecule has 24 heavy (non-hydrogen) atoms. The first-order valence-electron chi connectivity index (χ1n) is 8.68. The summed E-state index contributed by atoms with van der Waals surface area (Å²) in [5, 5.41) is 3.32. The van der Waals surface area contributed by atoms with Crippen LogP contribution < -0.4 is 10.1 Å². The number of nitrogens with one attached hydrogen (secondary N) is 1. The van der Waals surface area contributed by atoms with Gasteiger partial charge >= 0.3 is 0 Å². The molecule has 3 rings (SSSR count). The highest BCUT2D eigenvalue weighted by Crippen LogP contribution is 2.41. The van der Waals surface area contributed by atoms with E-state index in [4.69, 9.17) is 4.74 Å². The maximum Gasteiger partial charge on any atom is 0.134 e. The van der Waals surface area contributed by atoms with Gasteiger partial charge in [-0.15, -0.1) is 12.4 Å². The molecule has 6 heteroatoms. The van der Waals surface area contributed by atoms with Crippen molar-refractivity contribution in [3.05, 3.63) is 29.3 Å². The molecule has 136 valence electrons. The fourth-order valence-electron chi connectivity index (χ4n) is 4.09. The van der Waals surface area contributed by atoms with Crippen LogP contribution in [0.25, 0.3) is 0 Å². The van der Waals surface area contributed by atoms with Crippen LogP contribution in [0.2, 0.25) is 0 Å². The van der Waals surface area contributed by atoms with E-state index in [0.717, 1.165) is 51.9 Å². The van der Waals surface area contributed by atoms with Crippen LogP contribution in [0, 0.1) is 17.6 Å². The van der Waals surface area contributed by atoms with E-state index in [9.17, 15) is 8.78 Å². The van der Waals surface area contributed by atoms with Gasteiger partial charge in [-0.25, -0.2) is 8.78 Å². The molecule has 0 radical (unpaired) electrons. The van der Waals surface area contributed by atoms with Gasteiger partial charge in [0.2, 0.25) is 0 Å². The number of nitrogens with zero attached hydrogens (tertiary/aromatic N) is 1. The zero-order valence-corrected chi connectivity index (χ0v) is 15.0. The van der Waals surface area contributed by atoms with E-state index in [1.807, 2.05) is 0 Å². The molecule has 1 atom stereocenters. The monoisotopic (exact) mass is 360 g/mol. The van der Waals surface area contributed by atoms with Crippen molar-refractivity contribution in [2.24, 2.45) is 5.92 Å². The van der Waals surface area contributed by atoms with Crippen LogP contribution in [-0.4, -0.2) is 38.2 Å². The minimum absolute atomic E-state index is 0. The number of halogens is 3. The highest BCUT2D eigenvalue weighted by molar-refractivity contribution is 5.85. The Balaban J connectivity index is 0.00000208. The van der Waals surface area contributed by atoms with Gasteiger partial charge in [-0.05, 0) is 18.8 Å². The van der Waals surface area contributed by atoms with Gasteiger partial charge in [0.15, 0.2) is 0 Å². The Kier molecular flexibility index (Phi) is 7.26. The molecule has 1 aliphatic carbocycles. The average Bonchev–Trinajstić information content (AvgIpc) is 2.59. The number of hydrogen-bond donors (Lipinski definition) is 1. The summed E-state index contributed by atoms with van der Waals surface area (Å²) in [4.78, 5) is 2.26. The lowest BCUT2D eigenvalue weighted by atomic mass is 9.79. The lowest BCUT2D eigenvalue weighted by molar-refractivity contribution is 0.0975. The molecule has 0 aromatic heterocycles. The summed E-state index contributed by atoms with van der Waals surface area (Å²) < 4.78 is 34.4. The van der Waals surface area contributed by atoms with E-state index in [1.54, 1.807) is 0 Å². The van der Waals surface area contributed by atoms with Crippen molar-refractivity contribution in [3.63, 3.8) is 0 Å². The highest BCUT2D eigenvalue weighted by Gasteiger charge is 2.34. The number of methoxy groups -OCH3 is 1. The number of piperazine rings is 1. The predicted octanol–water partition coefficient (Wildman–Crippen LogP) is 3.92. The second kappa shape index (κ2) is 8.97. The van der Waals surface area contributed by atoms with E-state index in [2.05, 4.69) is 10.2 Å². The first kappa shape index (κ1) is 19.4. The van der Waals surface area contributed by atoms with Crippen molar-refractivity contribution in [2.45, 2.75) is 38.1 Å². The van der Waals surface area contributed by atoms with Crippen LogP contribution in [-0.2, 0) is 0 Å². The van der Waals surface area contributed by atoms with Crippen molar-refractivity contribution in [3.8, 4) is 5.75 Å². The van der Waals surface area contributed by atoms with Crippen molar-refractivity contribution in [1.29, 1.82) is 0 Å². The summed E-state index contributed by atoms with van der Waals surface area (Å²) in [6.07, 6.45) is 5.66. The van der Waals surface area contributed by atoms with E-state index < -0.39 is 11.6 Å². The summed E-state index contributed by atoms with van der Waals surface area (Å²) in [5.41, 5.74) is 0.236. The van der Waals surface area contributed by atoms with Crippen LogP contribution in [0.3, 0.4) is 0 Å². The lowest BCUT2D eigenvalue weighted by Crippen LogP contribution is -2.47. The molecule has 1 saturated heterocycles. The van der Waals surface area contributed by atoms with Crippen molar-refractivity contribution >= 4 is 12.4 Å². The number of benzene rings is 1. The minimum Gasteiger partial charge on any atom is -0.497 e. The van der Waals surface area contributed by atoms with Gasteiger partial charge in [0.25, 0.3) is 0 Å². The number of hydrogen-bond acceptors (Lipinski definition) is 3. The Morgan fingerprint density at radius 1 is 1.08 bits per heavy atom. The largest absolute Gasteiger partial charge is 0.497 e. The second-order valence-corrected chi connectivity index (χ2v) is 6.63. The molecule has 2 aliphatic rings. The fourth-order valence-corrected chi connectivity index (χ4v) is 4.09. The standard InChI is InChI=1S/C18H26F2N2O.ClH/c1-23-14-11-15(19)17(16(20)12-14)18(13-5-3-2-4-6-13)22-9-7-21-8-10-22;/h11-13,18,21H,2-10H2,1H3;1H/t18-;/m1./s1. The average molecular weight is 361 g/mol. The normalized spacial score (nSPS) is 21.1. The molecule has 1 aliphatic heterocycles. The molecule has 0 spiro atoms. The summed E-state index contributed by atoms with van der Waals surface area (Å²) in [6, 6.07) is 2.47. The van der Waals surface area contributed by atoms with Crippen LogP contribution in [0.1, 0.15) is 43.7 Å². The first-order valence-corrected chi connectivity index (χ1v) is 8.68. The van der Waals surface area contributed by atoms with Crippen molar-refractivity contribution < 1.29 is 13.5 Å². The van der Waals surface area contributed by atoms with Crippen LogP contribution in [0.5, 0.6) is 5.75 Å². The van der Waals surface area contributed by atoms with Crippen molar-refractivity contribution in [1.82, 2.24) is 10.2 Å². The molecule has 1 heterocycles. The summed E-state index contributed by atoms with van der Waals surface area (Å²) in [5.74, 6) is -0.377. The smallest absolute Gasteiger partial charge is 0.134 e. The molecule has 1 saturated carbocycles. The van der Waals surface area contributed by atoms with Gasteiger partial charge in [0.1, 0.15) is 17.4 Å². The van der Waals surface area contributed by atoms with Crippen LogP contribution in [0.15, 0.2) is 12.1 Å². The molecular formula is C18H27ClF2N2O. The quantitative estimate of drug-likeness (QED) is 0.880. The van der Waals surface area contributed by atoms with Crippen LogP contribution in [0.4, 0.5) is 8.78 Å². The number of rotatable bonds is 4. The Hall–Kier alpha value is -0.910. The van der Waals surface area contributed by atoms with Gasteiger partial charge in [0.05, 0.1) is 7.11 Å². The maximum atomic E-state index is 14.7. The number of ether oxygens (including phenoxy) is 1. The third-order valence-electron chi connectivity index (χ3n) is 5.23. The molecule has 1 N–H and O–H groups in total. The summed E-state index contributed by atoms with van der Waals surface area (Å²) >= 11 is 0. The van der Waals surface area contributed by atoms with Gasteiger partial charge in [-0.1, -0.05) is 19.3 Å². The van der Waals surface area contributed by atoms with Gasteiger partial charge in [0, 0.05) is 49.9 Å². The maximum absolute atomic E-state index is 14.7. The molecule has 0 bridgehead atoms. The Bertz CT molecular complexity index is 491. The Morgan fingerprint density at radius 2 is 1.67 bits per heavy atom. The third-order valence-corrected chi connectivity index (χ3v) is 5.23. The second-order valence-electron chi connectivity index (χ2n) is 6.63. The van der Waals surface area contributed by atoms with E-state index >= 15 is 0 Å². The SMILES string of the molecule is COc1cc(F)c([C@@H](C2CCCCC2)N2CCNCC2)c(F)c1.Cl. The zero-order chi connectivity index (χ0) is 16.2. The fraction of sp³-hybridized carbons (Fsp3) is 0.667. The molecule has 2 fully saturated rings. The highest BCUT2D eigenvalue weighted by atomic mass is 35.5. The Morgan fingerprint density at radius 3 is 2.21 bits per heavy atom. The topological polar surface area (TPSA) is 24.5 Å². The molecule has 0 amide bonds. The molecule has 1 aromatic rings.